The number of carbonyl (C=O) groups excluding carboxylic acids is 1. The van der Waals surface area contributed by atoms with Gasteiger partial charge in [-0.3, -0.25) is 4.79 Å². The zero-order chi connectivity index (χ0) is 16.4. The first-order valence-corrected chi connectivity index (χ1v) is 7.95. The third-order valence-electron chi connectivity index (χ3n) is 4.58. The molecule has 23 heavy (non-hydrogen) atoms. The number of nitrogens with zero attached hydrogens (tertiary/aromatic N) is 2. The van der Waals surface area contributed by atoms with Gasteiger partial charge in [-0.2, -0.15) is 0 Å². The van der Waals surface area contributed by atoms with Gasteiger partial charge in [0, 0.05) is 12.1 Å². The van der Waals surface area contributed by atoms with Crippen LogP contribution in [0.5, 0.6) is 5.75 Å². The normalized spacial score (nSPS) is 17.5. The van der Waals surface area contributed by atoms with Crippen molar-refractivity contribution in [2.75, 3.05) is 13.7 Å². The topological polar surface area (TPSA) is 55.6 Å². The fraction of sp³-hybridized carbons (Fsp3) is 0.444. The molecule has 0 aliphatic carbocycles. The van der Waals surface area contributed by atoms with Crippen LogP contribution in [-0.4, -0.2) is 29.6 Å². The maximum atomic E-state index is 12.8. The van der Waals surface area contributed by atoms with E-state index >= 15 is 0 Å². The number of rotatable bonds is 4. The van der Waals surface area contributed by atoms with Gasteiger partial charge < -0.3 is 14.2 Å². The summed E-state index contributed by atoms with van der Waals surface area (Å²) in [5, 5.41) is 3.93. The molecule has 1 aliphatic heterocycles. The van der Waals surface area contributed by atoms with Crippen LogP contribution < -0.4 is 4.74 Å². The average Bonchev–Trinajstić information content (AvgIpc) is 3.17. The van der Waals surface area contributed by atoms with Crippen molar-refractivity contribution in [3.8, 4) is 5.75 Å². The number of hydrogen-bond donors (Lipinski definition) is 0. The highest BCUT2D eigenvalue weighted by atomic mass is 16.5. The molecule has 3 rings (SSSR count). The van der Waals surface area contributed by atoms with Crippen LogP contribution in [0.25, 0.3) is 0 Å². The number of carbonyl (C=O) groups is 1. The number of aryl methyl sites for hydroxylation is 2. The SMILES string of the molecule is COc1ccc([C@@H]2CCCN2C(=O)Cc2c(C)noc2C)cc1. The fourth-order valence-electron chi connectivity index (χ4n) is 3.24. The Morgan fingerprint density at radius 3 is 2.70 bits per heavy atom. The van der Waals surface area contributed by atoms with Gasteiger partial charge in [-0.1, -0.05) is 17.3 Å². The van der Waals surface area contributed by atoms with E-state index in [2.05, 4.69) is 5.16 Å². The standard InChI is InChI=1S/C18H22N2O3/c1-12-16(13(2)23-19-12)11-18(21)20-10-4-5-17(20)14-6-8-15(22-3)9-7-14/h6-9,17H,4-5,10-11H2,1-3H3/t17-/m0/s1. The summed E-state index contributed by atoms with van der Waals surface area (Å²) >= 11 is 0. The van der Waals surface area contributed by atoms with Gasteiger partial charge in [0.25, 0.3) is 0 Å². The van der Waals surface area contributed by atoms with Crippen molar-refractivity contribution in [3.05, 3.63) is 46.8 Å². The summed E-state index contributed by atoms with van der Waals surface area (Å²) in [5.74, 6) is 1.70. The molecule has 1 aromatic heterocycles. The van der Waals surface area contributed by atoms with E-state index in [1.165, 1.54) is 0 Å². The van der Waals surface area contributed by atoms with Gasteiger partial charge in [0.05, 0.1) is 25.3 Å². The van der Waals surface area contributed by atoms with Crippen LogP contribution in [0.4, 0.5) is 0 Å². The lowest BCUT2D eigenvalue weighted by atomic mass is 10.0. The first kappa shape index (κ1) is 15.6. The predicted octanol–water partition coefficient (Wildman–Crippen LogP) is 3.21. The smallest absolute Gasteiger partial charge is 0.227 e. The second-order valence-electron chi connectivity index (χ2n) is 6.00. The van der Waals surface area contributed by atoms with Crippen LogP contribution in [-0.2, 0) is 11.2 Å². The fourth-order valence-corrected chi connectivity index (χ4v) is 3.24. The Morgan fingerprint density at radius 1 is 1.35 bits per heavy atom. The maximum Gasteiger partial charge on any atom is 0.227 e. The lowest BCUT2D eigenvalue weighted by Gasteiger charge is -2.25. The molecular weight excluding hydrogens is 292 g/mol. The molecule has 2 aromatic rings. The summed E-state index contributed by atoms with van der Waals surface area (Å²) in [6.45, 7) is 4.54. The first-order valence-electron chi connectivity index (χ1n) is 7.95. The molecule has 1 fully saturated rings. The molecule has 2 heterocycles. The van der Waals surface area contributed by atoms with Crippen LogP contribution in [0, 0.1) is 13.8 Å². The van der Waals surface area contributed by atoms with E-state index in [-0.39, 0.29) is 11.9 Å². The van der Waals surface area contributed by atoms with Gasteiger partial charge in [0.2, 0.25) is 5.91 Å². The van der Waals surface area contributed by atoms with E-state index in [1.807, 2.05) is 43.0 Å². The highest BCUT2D eigenvalue weighted by Gasteiger charge is 2.30. The molecule has 0 unspecified atom stereocenters. The monoisotopic (exact) mass is 314 g/mol. The Hall–Kier alpha value is -2.30. The molecule has 122 valence electrons. The summed E-state index contributed by atoms with van der Waals surface area (Å²) in [6.07, 6.45) is 2.39. The number of ether oxygens (including phenoxy) is 1. The van der Waals surface area contributed by atoms with E-state index in [4.69, 9.17) is 9.26 Å². The highest BCUT2D eigenvalue weighted by Crippen LogP contribution is 2.33. The molecule has 1 saturated heterocycles. The largest absolute Gasteiger partial charge is 0.497 e. The number of aromatic nitrogens is 1. The quantitative estimate of drug-likeness (QED) is 0.869. The summed E-state index contributed by atoms with van der Waals surface area (Å²) in [7, 11) is 1.66. The number of benzene rings is 1. The minimum Gasteiger partial charge on any atom is -0.497 e. The Labute approximate surface area is 136 Å². The van der Waals surface area contributed by atoms with E-state index in [0.717, 1.165) is 47.7 Å². The predicted molar refractivity (Wildman–Crippen MR) is 86.4 cm³/mol. The summed E-state index contributed by atoms with van der Waals surface area (Å²) in [6, 6.07) is 8.14. The highest BCUT2D eigenvalue weighted by molar-refractivity contribution is 5.80. The van der Waals surface area contributed by atoms with E-state index in [9.17, 15) is 4.79 Å². The average molecular weight is 314 g/mol. The summed E-state index contributed by atoms with van der Waals surface area (Å²) in [5.41, 5.74) is 2.88. The molecule has 0 bridgehead atoms. The van der Waals surface area contributed by atoms with E-state index in [1.54, 1.807) is 7.11 Å². The molecule has 5 heteroatoms. The Kier molecular flexibility index (Phi) is 4.37. The van der Waals surface area contributed by atoms with E-state index < -0.39 is 0 Å². The maximum absolute atomic E-state index is 12.8. The molecular formula is C18H22N2O3. The molecule has 1 amide bonds. The molecule has 0 N–H and O–H groups in total. The van der Waals surface area contributed by atoms with Gasteiger partial charge in [-0.15, -0.1) is 0 Å². The first-order chi connectivity index (χ1) is 11.1. The van der Waals surface area contributed by atoms with Crippen molar-refractivity contribution >= 4 is 5.91 Å². The third kappa shape index (κ3) is 3.09. The van der Waals surface area contributed by atoms with Crippen molar-refractivity contribution in [1.82, 2.24) is 10.1 Å². The minimum atomic E-state index is 0.137. The van der Waals surface area contributed by atoms with E-state index in [0.29, 0.717) is 6.42 Å². The van der Waals surface area contributed by atoms with Gasteiger partial charge >= 0.3 is 0 Å². The zero-order valence-electron chi connectivity index (χ0n) is 13.8. The molecule has 0 saturated carbocycles. The second-order valence-corrected chi connectivity index (χ2v) is 6.00. The van der Waals surface area contributed by atoms with Crippen LogP contribution >= 0.6 is 0 Å². The lowest BCUT2D eigenvalue weighted by molar-refractivity contribution is -0.131. The van der Waals surface area contributed by atoms with Crippen LogP contribution in [0.2, 0.25) is 0 Å². The molecule has 1 aromatic carbocycles. The summed E-state index contributed by atoms with van der Waals surface area (Å²) < 4.78 is 10.4. The minimum absolute atomic E-state index is 0.137. The van der Waals surface area contributed by atoms with Crippen molar-refractivity contribution < 1.29 is 14.1 Å². The molecule has 5 nitrogen and oxygen atoms in total. The van der Waals surface area contributed by atoms with Crippen molar-refractivity contribution in [2.24, 2.45) is 0 Å². The van der Waals surface area contributed by atoms with Crippen molar-refractivity contribution in [3.63, 3.8) is 0 Å². The Balaban J connectivity index is 1.76. The summed E-state index contributed by atoms with van der Waals surface area (Å²) in [4.78, 5) is 14.7. The number of hydrogen-bond acceptors (Lipinski definition) is 4. The molecule has 1 atom stereocenters. The van der Waals surface area contributed by atoms with Crippen LogP contribution in [0.15, 0.2) is 28.8 Å². The van der Waals surface area contributed by atoms with Gasteiger partial charge in [0.1, 0.15) is 11.5 Å². The number of methoxy groups -OCH3 is 1. The number of amides is 1. The van der Waals surface area contributed by atoms with Gasteiger partial charge in [-0.05, 0) is 44.4 Å². The van der Waals surface area contributed by atoms with Crippen molar-refractivity contribution in [1.29, 1.82) is 0 Å². The van der Waals surface area contributed by atoms with Gasteiger partial charge in [-0.25, -0.2) is 0 Å². The second kappa shape index (κ2) is 6.44. The molecule has 0 spiro atoms. The Bertz CT molecular complexity index is 671. The Morgan fingerprint density at radius 2 is 2.09 bits per heavy atom. The van der Waals surface area contributed by atoms with Crippen LogP contribution in [0.3, 0.4) is 0 Å². The molecule has 0 radical (unpaired) electrons. The molecule has 1 aliphatic rings. The van der Waals surface area contributed by atoms with Gasteiger partial charge in [0.15, 0.2) is 0 Å². The number of likely N-dealkylation sites (tertiary alicyclic amines) is 1. The van der Waals surface area contributed by atoms with Crippen LogP contribution in [0.1, 0.15) is 41.5 Å². The zero-order valence-corrected chi connectivity index (χ0v) is 13.8. The van der Waals surface area contributed by atoms with Crippen molar-refractivity contribution in [2.45, 2.75) is 39.2 Å². The third-order valence-corrected chi connectivity index (χ3v) is 4.58. The lowest BCUT2D eigenvalue weighted by Crippen LogP contribution is -2.32.